The van der Waals surface area contributed by atoms with Gasteiger partial charge in [0.25, 0.3) is 0 Å². The van der Waals surface area contributed by atoms with Gasteiger partial charge in [-0.1, -0.05) is 11.2 Å². The van der Waals surface area contributed by atoms with Crippen molar-refractivity contribution in [1.82, 2.24) is 20.0 Å². The fraction of sp³-hybridized carbons (Fsp3) is 0.391. The third kappa shape index (κ3) is 4.84. The lowest BCUT2D eigenvalue weighted by Gasteiger charge is -2.17. The summed E-state index contributed by atoms with van der Waals surface area (Å²) in [6, 6.07) is 9.59. The van der Waals surface area contributed by atoms with Crippen molar-refractivity contribution in [3.63, 3.8) is 0 Å². The number of pyridine rings is 1. The largest absolute Gasteiger partial charge is 0.490 e. The number of amides is 1. The van der Waals surface area contributed by atoms with Crippen LogP contribution in [0.15, 0.2) is 47.2 Å². The molecule has 1 aliphatic heterocycles. The Bertz CT molecular complexity index is 1020. The molecule has 31 heavy (non-hydrogen) atoms. The van der Waals surface area contributed by atoms with E-state index in [1.54, 1.807) is 12.4 Å². The van der Waals surface area contributed by atoms with Crippen LogP contribution in [-0.4, -0.2) is 52.2 Å². The third-order valence-electron chi connectivity index (χ3n) is 5.22. The van der Waals surface area contributed by atoms with E-state index < -0.39 is 0 Å². The van der Waals surface area contributed by atoms with E-state index in [1.807, 2.05) is 49.1 Å². The third-order valence-corrected chi connectivity index (χ3v) is 5.22. The molecule has 4 rings (SSSR count). The molecule has 3 aromatic rings. The van der Waals surface area contributed by atoms with Gasteiger partial charge in [0.1, 0.15) is 0 Å². The summed E-state index contributed by atoms with van der Waals surface area (Å²) in [4.78, 5) is 22.9. The van der Waals surface area contributed by atoms with Gasteiger partial charge in [0.2, 0.25) is 17.6 Å². The van der Waals surface area contributed by atoms with Crippen LogP contribution in [0.3, 0.4) is 0 Å². The molecule has 162 valence electrons. The number of hydrogen-bond donors (Lipinski definition) is 0. The second-order valence-corrected chi connectivity index (χ2v) is 7.33. The van der Waals surface area contributed by atoms with E-state index in [1.165, 1.54) is 0 Å². The van der Waals surface area contributed by atoms with Crippen LogP contribution in [-0.2, 0) is 11.2 Å². The predicted octanol–water partition coefficient (Wildman–Crippen LogP) is 3.49. The molecule has 8 heteroatoms. The molecular weight excluding hydrogens is 396 g/mol. The van der Waals surface area contributed by atoms with E-state index in [0.717, 1.165) is 29.0 Å². The van der Waals surface area contributed by atoms with Crippen LogP contribution in [0.5, 0.6) is 11.5 Å². The van der Waals surface area contributed by atoms with Crippen molar-refractivity contribution in [2.24, 2.45) is 0 Å². The molecule has 0 spiro atoms. The normalized spacial score (nSPS) is 16.0. The Labute approximate surface area is 181 Å². The van der Waals surface area contributed by atoms with Gasteiger partial charge in [0.05, 0.1) is 19.1 Å². The van der Waals surface area contributed by atoms with Crippen LogP contribution in [0.2, 0.25) is 0 Å². The molecule has 0 saturated carbocycles. The summed E-state index contributed by atoms with van der Waals surface area (Å²) in [5.74, 6) is 2.51. The minimum atomic E-state index is -0.0881. The number of likely N-dealkylation sites (tertiary alicyclic amines) is 1. The smallest absolute Gasteiger partial charge is 0.232 e. The highest BCUT2D eigenvalue weighted by Crippen LogP contribution is 2.31. The maximum atomic E-state index is 12.5. The maximum Gasteiger partial charge on any atom is 0.232 e. The number of benzene rings is 1. The summed E-state index contributed by atoms with van der Waals surface area (Å²) in [6.45, 7) is 6.25. The minimum absolute atomic E-state index is 0.0881. The monoisotopic (exact) mass is 422 g/mol. The molecule has 1 aliphatic rings. The zero-order valence-corrected chi connectivity index (χ0v) is 17.8. The molecule has 0 bridgehead atoms. The molecule has 3 heterocycles. The molecule has 1 fully saturated rings. The van der Waals surface area contributed by atoms with Crippen LogP contribution in [0.25, 0.3) is 11.4 Å². The van der Waals surface area contributed by atoms with Gasteiger partial charge >= 0.3 is 0 Å². The lowest BCUT2D eigenvalue weighted by atomic mass is 10.1. The predicted molar refractivity (Wildman–Crippen MR) is 114 cm³/mol. The second-order valence-electron chi connectivity index (χ2n) is 7.33. The molecule has 1 saturated heterocycles. The highest BCUT2D eigenvalue weighted by atomic mass is 16.5. The van der Waals surface area contributed by atoms with Gasteiger partial charge < -0.3 is 18.9 Å². The van der Waals surface area contributed by atoms with Gasteiger partial charge in [-0.3, -0.25) is 9.78 Å². The Kier molecular flexibility index (Phi) is 6.45. The summed E-state index contributed by atoms with van der Waals surface area (Å²) in [5.41, 5.74) is 1.94. The van der Waals surface area contributed by atoms with E-state index in [2.05, 4.69) is 15.1 Å². The van der Waals surface area contributed by atoms with Gasteiger partial charge in [-0.25, -0.2) is 0 Å². The Hall–Kier alpha value is -3.42. The fourth-order valence-electron chi connectivity index (χ4n) is 3.69. The SMILES string of the molecule is CCOc1ccc(CCN2CC(c3nc(-c4ccncc4)no3)CC2=O)cc1OCC. The quantitative estimate of drug-likeness (QED) is 0.521. The standard InChI is InChI=1S/C23H26N4O4/c1-3-29-19-6-5-16(13-20(19)30-4-2)9-12-27-15-18(14-21(27)28)23-25-22(26-31-23)17-7-10-24-11-8-17/h5-8,10-11,13,18H,3-4,9,12,14-15H2,1-2H3. The first-order valence-electron chi connectivity index (χ1n) is 10.6. The Morgan fingerprint density at radius 1 is 1.10 bits per heavy atom. The van der Waals surface area contributed by atoms with Crippen molar-refractivity contribution in [2.45, 2.75) is 32.6 Å². The first-order valence-corrected chi connectivity index (χ1v) is 10.6. The van der Waals surface area contributed by atoms with Crippen LogP contribution >= 0.6 is 0 Å². The molecule has 2 aromatic heterocycles. The first-order chi connectivity index (χ1) is 15.2. The molecular formula is C23H26N4O4. The van der Waals surface area contributed by atoms with Crippen molar-refractivity contribution in [1.29, 1.82) is 0 Å². The first kappa shape index (κ1) is 20.8. The van der Waals surface area contributed by atoms with Crippen LogP contribution < -0.4 is 9.47 Å². The number of nitrogens with zero attached hydrogens (tertiary/aromatic N) is 4. The average Bonchev–Trinajstić information content (AvgIpc) is 3.42. The summed E-state index contributed by atoms with van der Waals surface area (Å²) in [7, 11) is 0. The zero-order chi connectivity index (χ0) is 21.6. The number of carbonyl (C=O) groups is 1. The maximum absolute atomic E-state index is 12.5. The van der Waals surface area contributed by atoms with Gasteiger partial charge in [-0.05, 0) is 50.1 Å². The van der Waals surface area contributed by atoms with Gasteiger partial charge in [0.15, 0.2) is 11.5 Å². The van der Waals surface area contributed by atoms with E-state index >= 15 is 0 Å². The number of aromatic nitrogens is 3. The van der Waals surface area contributed by atoms with E-state index in [4.69, 9.17) is 14.0 Å². The minimum Gasteiger partial charge on any atom is -0.490 e. The summed E-state index contributed by atoms with van der Waals surface area (Å²) in [5, 5.41) is 4.06. The number of carbonyl (C=O) groups excluding carboxylic acids is 1. The molecule has 0 N–H and O–H groups in total. The van der Waals surface area contributed by atoms with Crippen LogP contribution in [0.4, 0.5) is 0 Å². The summed E-state index contributed by atoms with van der Waals surface area (Å²) < 4.78 is 16.8. The zero-order valence-electron chi connectivity index (χ0n) is 17.8. The van der Waals surface area contributed by atoms with E-state index in [-0.39, 0.29) is 11.8 Å². The van der Waals surface area contributed by atoms with Crippen molar-refractivity contribution in [2.75, 3.05) is 26.3 Å². The Balaban J connectivity index is 1.38. The average molecular weight is 422 g/mol. The number of ether oxygens (including phenoxy) is 2. The number of hydrogen-bond acceptors (Lipinski definition) is 7. The summed E-state index contributed by atoms with van der Waals surface area (Å²) in [6.07, 6.45) is 4.48. The molecule has 1 amide bonds. The van der Waals surface area contributed by atoms with Gasteiger partial charge in [-0.15, -0.1) is 0 Å². The van der Waals surface area contributed by atoms with E-state index in [9.17, 15) is 4.79 Å². The molecule has 0 aliphatic carbocycles. The highest BCUT2D eigenvalue weighted by molar-refractivity contribution is 5.79. The van der Waals surface area contributed by atoms with Gasteiger partial charge in [-0.2, -0.15) is 4.98 Å². The molecule has 1 aromatic carbocycles. The van der Waals surface area contributed by atoms with Crippen molar-refractivity contribution in [3.8, 4) is 22.9 Å². The molecule has 1 unspecified atom stereocenters. The second kappa shape index (κ2) is 9.59. The topological polar surface area (TPSA) is 90.6 Å². The van der Waals surface area contributed by atoms with Crippen LogP contribution in [0, 0.1) is 0 Å². The Morgan fingerprint density at radius 2 is 1.87 bits per heavy atom. The lowest BCUT2D eigenvalue weighted by Crippen LogP contribution is -2.27. The molecule has 0 radical (unpaired) electrons. The van der Waals surface area contributed by atoms with E-state index in [0.29, 0.717) is 44.4 Å². The van der Waals surface area contributed by atoms with Crippen molar-refractivity contribution in [3.05, 3.63) is 54.2 Å². The molecule has 1 atom stereocenters. The van der Waals surface area contributed by atoms with Gasteiger partial charge in [0, 0.05) is 37.5 Å². The molecule has 8 nitrogen and oxygen atoms in total. The Morgan fingerprint density at radius 3 is 2.65 bits per heavy atom. The van der Waals surface area contributed by atoms with Crippen LogP contribution in [0.1, 0.15) is 37.6 Å². The van der Waals surface area contributed by atoms with Crippen molar-refractivity contribution >= 4 is 5.91 Å². The number of rotatable bonds is 9. The lowest BCUT2D eigenvalue weighted by molar-refractivity contribution is -0.127. The fourth-order valence-corrected chi connectivity index (χ4v) is 3.69. The van der Waals surface area contributed by atoms with Crippen molar-refractivity contribution < 1.29 is 18.8 Å². The highest BCUT2D eigenvalue weighted by Gasteiger charge is 2.34. The summed E-state index contributed by atoms with van der Waals surface area (Å²) >= 11 is 0.